The van der Waals surface area contributed by atoms with Gasteiger partial charge in [-0.15, -0.1) is 35.3 Å². The van der Waals surface area contributed by atoms with Crippen molar-refractivity contribution in [2.45, 2.75) is 38.5 Å². The van der Waals surface area contributed by atoms with Gasteiger partial charge in [0.25, 0.3) is 0 Å². The highest BCUT2D eigenvalue weighted by Gasteiger charge is 2.15. The minimum absolute atomic E-state index is 0. The number of rotatable bonds is 9. The number of aromatic nitrogens is 1. The molecule has 1 aromatic carbocycles. The van der Waals surface area contributed by atoms with E-state index in [9.17, 15) is 0 Å². The summed E-state index contributed by atoms with van der Waals surface area (Å²) in [7, 11) is 3.51. The topological polar surface area (TPSA) is 61.8 Å². The molecule has 1 fully saturated rings. The van der Waals surface area contributed by atoms with Crippen LogP contribution in [-0.4, -0.2) is 51.3 Å². The molecule has 8 heteroatoms. The summed E-state index contributed by atoms with van der Waals surface area (Å²) in [5.41, 5.74) is 2.49. The van der Waals surface area contributed by atoms with E-state index in [-0.39, 0.29) is 24.0 Å². The van der Waals surface area contributed by atoms with Crippen LogP contribution in [0.4, 0.5) is 5.13 Å². The quantitative estimate of drug-likeness (QED) is 0.281. The number of guanidine groups is 1. The maximum Gasteiger partial charge on any atom is 0.190 e. The first kappa shape index (κ1) is 24.7. The number of anilines is 1. The van der Waals surface area contributed by atoms with Crippen molar-refractivity contribution >= 4 is 46.4 Å². The molecule has 0 aliphatic carbocycles. The molecule has 1 aliphatic heterocycles. The molecule has 3 rings (SSSR count). The molecule has 0 amide bonds. The number of benzene rings is 1. The van der Waals surface area contributed by atoms with Crippen LogP contribution in [0.25, 0.3) is 0 Å². The second-order valence-electron chi connectivity index (χ2n) is 7.45. The molecule has 6 nitrogen and oxygen atoms in total. The highest BCUT2D eigenvalue weighted by atomic mass is 127. The Hall–Kier alpha value is -1.55. The smallest absolute Gasteiger partial charge is 0.190 e. The summed E-state index contributed by atoms with van der Waals surface area (Å²) in [6.45, 7) is 6.26. The zero-order valence-electron chi connectivity index (χ0n) is 18.2. The molecule has 0 radical (unpaired) electrons. The summed E-state index contributed by atoms with van der Waals surface area (Å²) in [5, 5.41) is 10.2. The molecule has 1 atom stereocenters. The fraction of sp³-hybridized carbons (Fsp3) is 0.545. The molecular formula is C22H34IN5OS. The minimum atomic E-state index is 0. The molecule has 30 heavy (non-hydrogen) atoms. The molecule has 0 spiro atoms. The van der Waals surface area contributed by atoms with Gasteiger partial charge in [-0.05, 0) is 42.9 Å². The third-order valence-corrected chi connectivity index (χ3v) is 6.32. The van der Waals surface area contributed by atoms with E-state index in [1.807, 2.05) is 19.2 Å². The van der Waals surface area contributed by atoms with Crippen molar-refractivity contribution in [1.82, 2.24) is 15.6 Å². The lowest BCUT2D eigenvalue weighted by molar-refractivity contribution is 0.414. The zero-order chi connectivity index (χ0) is 20.5. The molecule has 2 aromatic rings. The summed E-state index contributed by atoms with van der Waals surface area (Å²) in [6, 6.07) is 8.32. The number of nitrogens with one attached hydrogen (secondary N) is 2. The standard InChI is InChI=1S/C22H33N5OS.HI/c1-17(18-6-8-20(28-3)9-7-18)10-12-24-21(23-2)25-13-11-19-16-29-22(26-19)27-14-4-5-15-27;/h6-9,16-17H,4-5,10-15H2,1-3H3,(H2,23,24,25);1H. The molecule has 1 aromatic heterocycles. The molecule has 0 saturated carbocycles. The lowest BCUT2D eigenvalue weighted by Gasteiger charge is -2.15. The number of nitrogens with zero attached hydrogens (tertiary/aromatic N) is 3. The van der Waals surface area contributed by atoms with Crippen LogP contribution in [-0.2, 0) is 6.42 Å². The number of methoxy groups -OCH3 is 1. The number of halogens is 1. The van der Waals surface area contributed by atoms with Crippen molar-refractivity contribution in [2.75, 3.05) is 45.2 Å². The van der Waals surface area contributed by atoms with Gasteiger partial charge >= 0.3 is 0 Å². The Morgan fingerprint density at radius 2 is 1.90 bits per heavy atom. The number of hydrogen-bond donors (Lipinski definition) is 2. The van der Waals surface area contributed by atoms with E-state index in [4.69, 9.17) is 9.72 Å². The van der Waals surface area contributed by atoms with Crippen LogP contribution >= 0.6 is 35.3 Å². The Bertz CT molecular complexity index is 774. The summed E-state index contributed by atoms with van der Waals surface area (Å²) in [4.78, 5) is 11.5. The van der Waals surface area contributed by atoms with Crippen molar-refractivity contribution in [3.8, 4) is 5.75 Å². The lowest BCUT2D eigenvalue weighted by atomic mass is 9.98. The van der Waals surface area contributed by atoms with E-state index in [0.29, 0.717) is 5.92 Å². The van der Waals surface area contributed by atoms with E-state index < -0.39 is 0 Å². The van der Waals surface area contributed by atoms with Gasteiger partial charge in [0.1, 0.15) is 5.75 Å². The molecule has 1 saturated heterocycles. The number of aliphatic imine (C=N–C) groups is 1. The highest BCUT2D eigenvalue weighted by molar-refractivity contribution is 14.0. The summed E-state index contributed by atoms with van der Waals surface area (Å²) >= 11 is 1.76. The summed E-state index contributed by atoms with van der Waals surface area (Å²) < 4.78 is 5.23. The molecule has 1 aliphatic rings. The van der Waals surface area contributed by atoms with Crippen molar-refractivity contribution in [1.29, 1.82) is 0 Å². The maximum atomic E-state index is 5.23. The third-order valence-electron chi connectivity index (χ3n) is 5.37. The predicted octanol–water partition coefficient (Wildman–Crippen LogP) is 4.27. The van der Waals surface area contributed by atoms with Gasteiger partial charge in [0.05, 0.1) is 12.8 Å². The Labute approximate surface area is 201 Å². The molecular weight excluding hydrogens is 509 g/mol. The number of ether oxygens (including phenoxy) is 1. The van der Waals surface area contributed by atoms with Crippen LogP contribution < -0.4 is 20.3 Å². The van der Waals surface area contributed by atoms with Crippen LogP contribution in [0.1, 0.15) is 43.4 Å². The monoisotopic (exact) mass is 543 g/mol. The van der Waals surface area contributed by atoms with Crippen LogP contribution in [0.15, 0.2) is 34.6 Å². The van der Waals surface area contributed by atoms with E-state index in [1.54, 1.807) is 18.4 Å². The Morgan fingerprint density at radius 1 is 1.20 bits per heavy atom. The SMILES string of the molecule is CN=C(NCCc1csc(N2CCCC2)n1)NCCC(C)c1ccc(OC)cc1.I. The molecule has 0 bridgehead atoms. The van der Waals surface area contributed by atoms with Gasteiger partial charge in [-0.3, -0.25) is 4.99 Å². The third kappa shape index (κ3) is 7.30. The first-order valence-corrected chi connectivity index (χ1v) is 11.4. The highest BCUT2D eigenvalue weighted by Crippen LogP contribution is 2.24. The average Bonchev–Trinajstić information content (AvgIpc) is 3.44. The van der Waals surface area contributed by atoms with E-state index in [0.717, 1.165) is 56.4 Å². The van der Waals surface area contributed by atoms with Gasteiger partial charge in [-0.1, -0.05) is 19.1 Å². The van der Waals surface area contributed by atoms with Crippen LogP contribution in [0.5, 0.6) is 5.75 Å². The van der Waals surface area contributed by atoms with Crippen LogP contribution in [0, 0.1) is 0 Å². The molecule has 166 valence electrons. The van der Waals surface area contributed by atoms with Crippen LogP contribution in [0.3, 0.4) is 0 Å². The average molecular weight is 544 g/mol. The second-order valence-corrected chi connectivity index (χ2v) is 8.29. The Morgan fingerprint density at radius 3 is 2.57 bits per heavy atom. The lowest BCUT2D eigenvalue weighted by Crippen LogP contribution is -2.39. The van der Waals surface area contributed by atoms with Crippen molar-refractivity contribution < 1.29 is 4.74 Å². The van der Waals surface area contributed by atoms with E-state index in [1.165, 1.54) is 23.5 Å². The van der Waals surface area contributed by atoms with E-state index in [2.05, 4.69) is 45.0 Å². The summed E-state index contributed by atoms with van der Waals surface area (Å²) in [5.74, 6) is 2.23. The maximum absolute atomic E-state index is 5.23. The Kier molecular flexibility index (Phi) is 10.7. The first-order valence-electron chi connectivity index (χ1n) is 10.5. The van der Waals surface area contributed by atoms with Crippen LogP contribution in [0.2, 0.25) is 0 Å². The van der Waals surface area contributed by atoms with Crippen molar-refractivity contribution in [3.63, 3.8) is 0 Å². The van der Waals surface area contributed by atoms with Crippen molar-refractivity contribution in [2.24, 2.45) is 4.99 Å². The summed E-state index contributed by atoms with van der Waals surface area (Å²) in [6.07, 6.45) is 4.52. The fourth-order valence-electron chi connectivity index (χ4n) is 3.50. The molecule has 1 unspecified atom stereocenters. The Balaban J connectivity index is 0.00000320. The predicted molar refractivity (Wildman–Crippen MR) is 138 cm³/mol. The normalized spacial score (nSPS) is 14.9. The minimum Gasteiger partial charge on any atom is -0.497 e. The van der Waals surface area contributed by atoms with Gasteiger partial charge in [0, 0.05) is 45.0 Å². The van der Waals surface area contributed by atoms with Gasteiger partial charge in [-0.2, -0.15) is 0 Å². The molecule has 2 N–H and O–H groups in total. The molecule has 2 heterocycles. The van der Waals surface area contributed by atoms with Gasteiger partial charge < -0.3 is 20.3 Å². The fourth-order valence-corrected chi connectivity index (χ4v) is 4.41. The van der Waals surface area contributed by atoms with Gasteiger partial charge in [-0.25, -0.2) is 4.98 Å². The van der Waals surface area contributed by atoms with E-state index >= 15 is 0 Å². The van der Waals surface area contributed by atoms with Crippen molar-refractivity contribution in [3.05, 3.63) is 40.9 Å². The largest absolute Gasteiger partial charge is 0.497 e. The second kappa shape index (κ2) is 13.0. The number of hydrogen-bond acceptors (Lipinski definition) is 5. The van der Waals surface area contributed by atoms with Gasteiger partial charge in [0.15, 0.2) is 11.1 Å². The van der Waals surface area contributed by atoms with Gasteiger partial charge in [0.2, 0.25) is 0 Å². The first-order chi connectivity index (χ1) is 14.2. The number of thiazole rings is 1. The zero-order valence-corrected chi connectivity index (χ0v) is 21.3.